The molecule has 0 amide bonds. The van der Waals surface area contributed by atoms with Gasteiger partial charge in [0.25, 0.3) is 0 Å². The van der Waals surface area contributed by atoms with Crippen molar-refractivity contribution in [3.63, 3.8) is 0 Å². The fraction of sp³-hybridized carbons (Fsp3) is 0. The van der Waals surface area contributed by atoms with E-state index in [1.165, 1.54) is 24.3 Å². The molecule has 0 aliphatic carbocycles. The molecule has 1 aromatic heterocycles. The highest BCUT2D eigenvalue weighted by Crippen LogP contribution is 2.37. The number of hydrogen-bond donors (Lipinski definition) is 2. The summed E-state index contributed by atoms with van der Waals surface area (Å²) in [6.45, 7) is 0. The smallest absolute Gasteiger partial charge is 0.197 e. The van der Waals surface area contributed by atoms with Crippen molar-refractivity contribution in [3.05, 3.63) is 85.0 Å². The zero-order valence-electron chi connectivity index (χ0n) is 14.2. The SMILES string of the molecule is [CH2]Oc1ccc(C(=O)c2c(-c3ccc(O)cc3)oc3cc(O)ccc23)cc1. The van der Waals surface area contributed by atoms with E-state index in [1.54, 1.807) is 42.5 Å². The lowest BCUT2D eigenvalue weighted by atomic mass is 9.97. The number of ether oxygens (including phenoxy) is 1. The van der Waals surface area contributed by atoms with Crippen molar-refractivity contribution >= 4 is 16.8 Å². The molecular formula is C22H15O5. The third kappa shape index (κ3) is 3.00. The van der Waals surface area contributed by atoms with Gasteiger partial charge in [-0.2, -0.15) is 0 Å². The molecular weight excluding hydrogens is 344 g/mol. The Morgan fingerprint density at radius 2 is 1.56 bits per heavy atom. The third-order valence-electron chi connectivity index (χ3n) is 4.31. The zero-order valence-corrected chi connectivity index (χ0v) is 14.2. The number of fused-ring (bicyclic) bond motifs is 1. The van der Waals surface area contributed by atoms with Gasteiger partial charge < -0.3 is 19.4 Å². The second-order valence-electron chi connectivity index (χ2n) is 6.03. The van der Waals surface area contributed by atoms with E-state index < -0.39 is 0 Å². The van der Waals surface area contributed by atoms with Crippen LogP contribution in [0.5, 0.6) is 17.2 Å². The number of furan rings is 1. The largest absolute Gasteiger partial charge is 0.508 e. The molecule has 0 aliphatic heterocycles. The molecule has 2 N–H and O–H groups in total. The van der Waals surface area contributed by atoms with Crippen LogP contribution in [0.3, 0.4) is 0 Å². The maximum atomic E-state index is 13.2. The molecule has 27 heavy (non-hydrogen) atoms. The van der Waals surface area contributed by atoms with Crippen molar-refractivity contribution < 1.29 is 24.2 Å². The molecule has 5 nitrogen and oxygen atoms in total. The van der Waals surface area contributed by atoms with E-state index >= 15 is 0 Å². The van der Waals surface area contributed by atoms with Crippen molar-refractivity contribution in [2.75, 3.05) is 0 Å². The fourth-order valence-corrected chi connectivity index (χ4v) is 2.97. The summed E-state index contributed by atoms with van der Waals surface area (Å²) < 4.78 is 10.8. The first-order chi connectivity index (χ1) is 13.1. The minimum Gasteiger partial charge on any atom is -0.508 e. The first-order valence-corrected chi connectivity index (χ1v) is 8.18. The minimum atomic E-state index is -0.224. The number of benzene rings is 3. The molecule has 0 unspecified atom stereocenters. The molecule has 0 fully saturated rings. The number of ketones is 1. The summed E-state index contributed by atoms with van der Waals surface area (Å²) in [4.78, 5) is 13.2. The topological polar surface area (TPSA) is 79.9 Å². The highest BCUT2D eigenvalue weighted by molar-refractivity contribution is 6.19. The molecule has 0 bridgehead atoms. The Morgan fingerprint density at radius 1 is 0.889 bits per heavy atom. The molecule has 5 heteroatoms. The molecule has 0 atom stereocenters. The van der Waals surface area contributed by atoms with Gasteiger partial charge in [-0.25, -0.2) is 0 Å². The first kappa shape index (κ1) is 16.7. The van der Waals surface area contributed by atoms with E-state index in [0.29, 0.717) is 39.2 Å². The molecule has 4 aromatic rings. The van der Waals surface area contributed by atoms with Crippen molar-refractivity contribution in [1.29, 1.82) is 0 Å². The standard InChI is InChI=1S/C22H15O5/c1-26-17-9-4-13(5-10-17)21(25)20-18-11-8-16(24)12-19(18)27-22(20)14-2-6-15(23)7-3-14/h2-12,23-24H,1H2. The second-order valence-corrected chi connectivity index (χ2v) is 6.03. The maximum absolute atomic E-state index is 13.2. The average Bonchev–Trinajstić information content (AvgIpc) is 3.06. The van der Waals surface area contributed by atoms with Gasteiger partial charge in [-0.1, -0.05) is 0 Å². The number of aromatic hydroxyl groups is 2. The van der Waals surface area contributed by atoms with E-state index in [9.17, 15) is 15.0 Å². The molecule has 1 radical (unpaired) electrons. The van der Waals surface area contributed by atoms with Crippen molar-refractivity contribution in [2.45, 2.75) is 0 Å². The number of carbonyl (C=O) groups is 1. The Morgan fingerprint density at radius 3 is 2.22 bits per heavy atom. The maximum Gasteiger partial charge on any atom is 0.197 e. The number of phenolic OH excluding ortho intramolecular Hbond substituents is 2. The normalized spacial score (nSPS) is 10.9. The Kier molecular flexibility index (Phi) is 4.05. The number of phenols is 2. The van der Waals surface area contributed by atoms with Crippen LogP contribution in [0.15, 0.2) is 71.1 Å². The highest BCUT2D eigenvalue weighted by atomic mass is 16.5. The van der Waals surface area contributed by atoms with Gasteiger partial charge in [-0.3, -0.25) is 4.79 Å². The van der Waals surface area contributed by atoms with Crippen LogP contribution < -0.4 is 4.74 Å². The quantitative estimate of drug-likeness (QED) is 0.506. The third-order valence-corrected chi connectivity index (χ3v) is 4.31. The second kappa shape index (κ2) is 6.53. The summed E-state index contributed by atoms with van der Waals surface area (Å²) in [6.07, 6.45) is 0. The Labute approximate surface area is 155 Å². The molecule has 0 saturated heterocycles. The summed E-state index contributed by atoms with van der Waals surface area (Å²) in [5.74, 6) is 0.858. The van der Waals surface area contributed by atoms with Crippen LogP contribution in [0.1, 0.15) is 15.9 Å². The van der Waals surface area contributed by atoms with Crippen molar-refractivity contribution in [3.8, 4) is 28.6 Å². The van der Waals surface area contributed by atoms with Gasteiger partial charge in [-0.05, 0) is 60.7 Å². The summed E-state index contributed by atoms with van der Waals surface area (Å²) in [6, 6.07) is 17.6. The summed E-state index contributed by atoms with van der Waals surface area (Å²) >= 11 is 0. The molecule has 0 saturated carbocycles. The van der Waals surface area contributed by atoms with Crippen molar-refractivity contribution in [1.82, 2.24) is 0 Å². The lowest BCUT2D eigenvalue weighted by molar-refractivity contribution is 0.104. The predicted octanol–water partition coefficient (Wildman–Crippen LogP) is 4.91. The van der Waals surface area contributed by atoms with Crippen molar-refractivity contribution in [2.24, 2.45) is 0 Å². The van der Waals surface area contributed by atoms with Gasteiger partial charge in [0.1, 0.15) is 35.7 Å². The average molecular weight is 359 g/mol. The minimum absolute atomic E-state index is 0.0458. The van der Waals surface area contributed by atoms with E-state index in [0.717, 1.165) is 0 Å². The number of carbonyl (C=O) groups excluding carboxylic acids is 1. The van der Waals surface area contributed by atoms with Crippen LogP contribution in [0.2, 0.25) is 0 Å². The highest BCUT2D eigenvalue weighted by Gasteiger charge is 2.23. The van der Waals surface area contributed by atoms with E-state index in [4.69, 9.17) is 9.15 Å². The Bertz CT molecular complexity index is 1120. The van der Waals surface area contributed by atoms with E-state index in [1.807, 2.05) is 0 Å². The molecule has 0 spiro atoms. The van der Waals surface area contributed by atoms with Crippen LogP contribution in [-0.2, 0) is 0 Å². The van der Waals surface area contributed by atoms with E-state index in [-0.39, 0.29) is 17.3 Å². The molecule has 4 rings (SSSR count). The predicted molar refractivity (Wildman–Crippen MR) is 101 cm³/mol. The van der Waals surface area contributed by atoms with Crippen LogP contribution in [-0.4, -0.2) is 16.0 Å². The van der Waals surface area contributed by atoms with Crippen LogP contribution >= 0.6 is 0 Å². The van der Waals surface area contributed by atoms with Crippen LogP contribution in [0.25, 0.3) is 22.3 Å². The molecule has 3 aromatic carbocycles. The molecule has 133 valence electrons. The van der Waals surface area contributed by atoms with Gasteiger partial charge in [-0.15, -0.1) is 0 Å². The Balaban J connectivity index is 1.92. The van der Waals surface area contributed by atoms with Gasteiger partial charge in [0, 0.05) is 22.6 Å². The van der Waals surface area contributed by atoms with E-state index in [2.05, 4.69) is 7.11 Å². The molecule has 0 aliphatic rings. The van der Waals surface area contributed by atoms with Gasteiger partial charge in [0.15, 0.2) is 5.78 Å². The lowest BCUT2D eigenvalue weighted by Crippen LogP contribution is -2.02. The van der Waals surface area contributed by atoms with Gasteiger partial charge in [0.2, 0.25) is 0 Å². The summed E-state index contributed by atoms with van der Waals surface area (Å²) in [5.41, 5.74) is 1.90. The first-order valence-electron chi connectivity index (χ1n) is 8.18. The summed E-state index contributed by atoms with van der Waals surface area (Å²) in [5, 5.41) is 19.9. The fourth-order valence-electron chi connectivity index (χ4n) is 2.97. The Hall–Kier alpha value is -3.73. The van der Waals surface area contributed by atoms with Crippen LogP contribution in [0, 0.1) is 7.11 Å². The number of rotatable bonds is 4. The van der Waals surface area contributed by atoms with Gasteiger partial charge in [0.05, 0.1) is 5.56 Å². The lowest BCUT2D eigenvalue weighted by Gasteiger charge is -2.05. The number of hydrogen-bond acceptors (Lipinski definition) is 5. The summed E-state index contributed by atoms with van der Waals surface area (Å²) in [7, 11) is 3.35. The van der Waals surface area contributed by atoms with Crippen LogP contribution in [0.4, 0.5) is 0 Å². The molecule has 1 heterocycles. The monoisotopic (exact) mass is 359 g/mol. The zero-order chi connectivity index (χ0) is 19.0. The van der Waals surface area contributed by atoms with Gasteiger partial charge >= 0.3 is 0 Å².